The minimum absolute atomic E-state index is 0.0297. The van der Waals surface area contributed by atoms with Crippen LogP contribution in [0, 0.1) is 11.3 Å². The van der Waals surface area contributed by atoms with Crippen molar-refractivity contribution in [1.82, 2.24) is 15.1 Å². The Morgan fingerprint density at radius 1 is 1.35 bits per heavy atom. The van der Waals surface area contributed by atoms with E-state index in [1.165, 1.54) is 0 Å². The Balaban J connectivity index is 1.58. The summed E-state index contributed by atoms with van der Waals surface area (Å²) in [5, 5.41) is 11.9. The largest absolute Gasteiger partial charge is 0.368 e. The lowest BCUT2D eigenvalue weighted by atomic mass is 9.89. The van der Waals surface area contributed by atoms with Gasteiger partial charge in [-0.2, -0.15) is 5.26 Å². The zero-order valence-electron chi connectivity index (χ0n) is 15.4. The van der Waals surface area contributed by atoms with Crippen molar-refractivity contribution < 1.29 is 14.3 Å². The van der Waals surface area contributed by atoms with E-state index in [1.54, 1.807) is 29.2 Å². The predicted octanol–water partition coefficient (Wildman–Crippen LogP) is 0.608. The summed E-state index contributed by atoms with van der Waals surface area (Å²) in [6.07, 6.45) is 0. The molecule has 2 amide bonds. The van der Waals surface area contributed by atoms with Crippen LogP contribution in [0.15, 0.2) is 24.3 Å². The molecule has 0 saturated carbocycles. The number of carbonyl (C=O) groups is 2. The SMILES string of the molecule is CC(C)NC(=O)[C@@H]1COC2(CN(C(=O)c3cccc(C#N)c3)C2)CN1C. The molecule has 2 aliphatic rings. The van der Waals surface area contributed by atoms with Gasteiger partial charge in [0.1, 0.15) is 11.6 Å². The van der Waals surface area contributed by atoms with Gasteiger partial charge >= 0.3 is 0 Å². The van der Waals surface area contributed by atoms with Crippen molar-refractivity contribution in [2.24, 2.45) is 0 Å². The zero-order valence-corrected chi connectivity index (χ0v) is 15.4. The normalized spacial score (nSPS) is 22.0. The second-order valence-electron chi connectivity index (χ2n) is 7.44. The number of benzene rings is 1. The second kappa shape index (κ2) is 7.06. The van der Waals surface area contributed by atoms with Crippen LogP contribution in [0.2, 0.25) is 0 Å². The Hall–Kier alpha value is -2.43. The first-order valence-electron chi connectivity index (χ1n) is 8.77. The van der Waals surface area contributed by atoms with Gasteiger partial charge in [-0.05, 0) is 39.1 Å². The molecular formula is C19H24N4O3. The van der Waals surface area contributed by atoms with Crippen LogP contribution in [0.5, 0.6) is 0 Å². The van der Waals surface area contributed by atoms with Gasteiger partial charge in [0.15, 0.2) is 0 Å². The Labute approximate surface area is 153 Å². The molecule has 0 bridgehead atoms. The molecule has 0 radical (unpaired) electrons. The van der Waals surface area contributed by atoms with Gasteiger partial charge in [-0.25, -0.2) is 0 Å². The maximum atomic E-state index is 12.6. The monoisotopic (exact) mass is 356 g/mol. The maximum absolute atomic E-state index is 12.6. The number of rotatable bonds is 3. The van der Waals surface area contributed by atoms with Crippen molar-refractivity contribution in [1.29, 1.82) is 5.26 Å². The molecular weight excluding hydrogens is 332 g/mol. The molecule has 1 aromatic rings. The summed E-state index contributed by atoms with van der Waals surface area (Å²) in [5.41, 5.74) is 0.572. The summed E-state index contributed by atoms with van der Waals surface area (Å²) < 4.78 is 6.00. The van der Waals surface area contributed by atoms with E-state index < -0.39 is 5.60 Å². The standard InChI is InChI=1S/C19H24N4O3/c1-13(2)21-17(24)16-9-26-19(10-22(16)3)11-23(12-19)18(25)15-6-4-5-14(7-15)8-20/h4-7,13,16H,9-12H2,1-3H3,(H,21,24)/t16-/m0/s1. The molecule has 2 saturated heterocycles. The molecule has 2 heterocycles. The van der Waals surface area contributed by atoms with Gasteiger partial charge in [0.25, 0.3) is 5.91 Å². The van der Waals surface area contributed by atoms with E-state index in [4.69, 9.17) is 10.00 Å². The van der Waals surface area contributed by atoms with Crippen LogP contribution in [0.1, 0.15) is 29.8 Å². The lowest BCUT2D eigenvalue weighted by Gasteiger charge is -2.54. The lowest BCUT2D eigenvalue weighted by Crippen LogP contribution is -2.73. The van der Waals surface area contributed by atoms with Crippen LogP contribution < -0.4 is 5.32 Å². The molecule has 1 atom stereocenters. The van der Waals surface area contributed by atoms with E-state index in [-0.39, 0.29) is 23.9 Å². The Bertz CT molecular complexity index is 749. The molecule has 0 aliphatic carbocycles. The molecule has 1 spiro atoms. The quantitative estimate of drug-likeness (QED) is 0.858. The molecule has 26 heavy (non-hydrogen) atoms. The van der Waals surface area contributed by atoms with Crippen LogP contribution >= 0.6 is 0 Å². The minimum atomic E-state index is -0.411. The van der Waals surface area contributed by atoms with E-state index in [9.17, 15) is 9.59 Å². The fourth-order valence-corrected chi connectivity index (χ4v) is 3.54. The van der Waals surface area contributed by atoms with Gasteiger partial charge in [-0.3, -0.25) is 14.5 Å². The van der Waals surface area contributed by atoms with Crippen molar-refractivity contribution in [2.75, 3.05) is 33.3 Å². The molecule has 1 N–H and O–H groups in total. The van der Waals surface area contributed by atoms with E-state index >= 15 is 0 Å². The highest BCUT2D eigenvalue weighted by molar-refractivity contribution is 5.95. The first kappa shape index (κ1) is 18.4. The Morgan fingerprint density at radius 2 is 2.08 bits per heavy atom. The smallest absolute Gasteiger partial charge is 0.254 e. The summed E-state index contributed by atoms with van der Waals surface area (Å²) in [6, 6.07) is 8.54. The Morgan fingerprint density at radius 3 is 2.69 bits per heavy atom. The van der Waals surface area contributed by atoms with E-state index in [0.717, 1.165) is 0 Å². The van der Waals surface area contributed by atoms with Gasteiger partial charge in [0.05, 0.1) is 31.3 Å². The van der Waals surface area contributed by atoms with Crippen molar-refractivity contribution in [3.63, 3.8) is 0 Å². The number of likely N-dealkylation sites (N-methyl/N-ethyl adjacent to an activating group) is 1. The van der Waals surface area contributed by atoms with Gasteiger partial charge < -0.3 is 15.0 Å². The molecule has 2 fully saturated rings. The highest BCUT2D eigenvalue weighted by Gasteiger charge is 2.51. The number of amides is 2. The first-order chi connectivity index (χ1) is 12.3. The molecule has 138 valence electrons. The summed E-state index contributed by atoms with van der Waals surface area (Å²) in [4.78, 5) is 28.5. The zero-order chi connectivity index (χ0) is 18.9. The number of nitriles is 1. The van der Waals surface area contributed by atoms with Crippen LogP contribution in [-0.4, -0.2) is 72.6 Å². The summed E-state index contributed by atoms with van der Waals surface area (Å²) in [6.45, 7) is 5.77. The molecule has 3 rings (SSSR count). The maximum Gasteiger partial charge on any atom is 0.254 e. The summed E-state index contributed by atoms with van der Waals surface area (Å²) >= 11 is 0. The van der Waals surface area contributed by atoms with Crippen molar-refractivity contribution >= 4 is 11.8 Å². The number of hydrogen-bond donors (Lipinski definition) is 1. The minimum Gasteiger partial charge on any atom is -0.368 e. The van der Waals surface area contributed by atoms with Crippen LogP contribution in [0.25, 0.3) is 0 Å². The fraction of sp³-hybridized carbons (Fsp3) is 0.526. The lowest BCUT2D eigenvalue weighted by molar-refractivity contribution is -0.187. The number of nitrogens with one attached hydrogen (secondary N) is 1. The third kappa shape index (κ3) is 3.57. The van der Waals surface area contributed by atoms with E-state index in [2.05, 4.69) is 5.32 Å². The molecule has 1 aromatic carbocycles. The summed E-state index contributed by atoms with van der Waals surface area (Å²) in [5.74, 6) is -0.128. The van der Waals surface area contributed by atoms with E-state index in [0.29, 0.717) is 37.4 Å². The first-order valence-corrected chi connectivity index (χ1v) is 8.77. The van der Waals surface area contributed by atoms with E-state index in [1.807, 2.05) is 31.9 Å². The molecule has 0 aromatic heterocycles. The Kier molecular flexibility index (Phi) is 4.99. The van der Waals surface area contributed by atoms with Gasteiger partial charge in [-0.15, -0.1) is 0 Å². The van der Waals surface area contributed by atoms with Crippen LogP contribution in [0.4, 0.5) is 0 Å². The number of carbonyl (C=O) groups excluding carboxylic acids is 2. The number of nitrogens with zero attached hydrogens (tertiary/aromatic N) is 3. The van der Waals surface area contributed by atoms with Crippen molar-refractivity contribution in [3.8, 4) is 6.07 Å². The molecule has 7 nitrogen and oxygen atoms in total. The van der Waals surface area contributed by atoms with Crippen molar-refractivity contribution in [3.05, 3.63) is 35.4 Å². The average Bonchev–Trinajstić information content (AvgIpc) is 2.58. The summed E-state index contributed by atoms with van der Waals surface area (Å²) in [7, 11) is 1.91. The fourth-order valence-electron chi connectivity index (χ4n) is 3.54. The van der Waals surface area contributed by atoms with Gasteiger partial charge in [-0.1, -0.05) is 6.07 Å². The van der Waals surface area contributed by atoms with Gasteiger partial charge in [0.2, 0.25) is 5.91 Å². The highest BCUT2D eigenvalue weighted by Crippen LogP contribution is 2.31. The number of likely N-dealkylation sites (tertiary alicyclic amines) is 1. The third-order valence-corrected chi connectivity index (χ3v) is 4.83. The third-order valence-electron chi connectivity index (χ3n) is 4.83. The second-order valence-corrected chi connectivity index (χ2v) is 7.44. The van der Waals surface area contributed by atoms with Crippen LogP contribution in [-0.2, 0) is 9.53 Å². The molecule has 7 heteroatoms. The van der Waals surface area contributed by atoms with Crippen molar-refractivity contribution in [2.45, 2.75) is 31.5 Å². The number of ether oxygens (including phenoxy) is 1. The molecule has 0 unspecified atom stereocenters. The average molecular weight is 356 g/mol. The highest BCUT2D eigenvalue weighted by atomic mass is 16.5. The van der Waals surface area contributed by atoms with Crippen LogP contribution in [0.3, 0.4) is 0 Å². The predicted molar refractivity (Wildman–Crippen MR) is 95.4 cm³/mol. The number of hydrogen-bond acceptors (Lipinski definition) is 5. The topological polar surface area (TPSA) is 85.7 Å². The van der Waals surface area contributed by atoms with Gasteiger partial charge in [0, 0.05) is 18.2 Å². The molecule has 2 aliphatic heterocycles. The number of morpholine rings is 1.